The maximum absolute atomic E-state index is 12.3. The summed E-state index contributed by atoms with van der Waals surface area (Å²) in [7, 11) is 0. The second kappa shape index (κ2) is 14.8. The van der Waals surface area contributed by atoms with Crippen molar-refractivity contribution in [2.45, 2.75) is 129 Å². The van der Waals surface area contributed by atoms with Gasteiger partial charge in [0.25, 0.3) is 0 Å². The Hall–Kier alpha value is -1.63. The molecule has 2 unspecified atom stereocenters. The highest BCUT2D eigenvalue weighted by Gasteiger charge is 2.45. The third-order valence-electron chi connectivity index (χ3n) is 9.38. The second-order valence-electron chi connectivity index (χ2n) is 12.5. The van der Waals surface area contributed by atoms with Crippen molar-refractivity contribution >= 4 is 5.97 Å². The van der Waals surface area contributed by atoms with Gasteiger partial charge in [-0.05, 0) is 106 Å². The topological polar surface area (TPSA) is 74.2 Å². The fourth-order valence-corrected chi connectivity index (χ4v) is 6.77. The number of esters is 1. The van der Waals surface area contributed by atoms with Gasteiger partial charge in [-0.25, -0.2) is 4.79 Å². The first-order valence-electron chi connectivity index (χ1n) is 15.7. The summed E-state index contributed by atoms with van der Waals surface area (Å²) in [6.45, 7) is 8.97. The average molecular weight is 545 g/mol. The first-order valence-corrected chi connectivity index (χ1v) is 15.7. The zero-order valence-electron chi connectivity index (χ0n) is 24.7. The SMILES string of the molecule is CCCCC[C@@H](CC[C@@H]1[C@H]2Cc3cccc(OCC(=O)OC(C)C(C)C)c3C[C@H]2C[C@H]1O)OC1CCCCO1. The van der Waals surface area contributed by atoms with Crippen molar-refractivity contribution in [2.75, 3.05) is 13.2 Å². The van der Waals surface area contributed by atoms with Crippen LogP contribution in [0.5, 0.6) is 5.75 Å². The number of hydrogen-bond donors (Lipinski definition) is 1. The number of aliphatic hydroxyl groups is 1. The lowest BCUT2D eigenvalue weighted by Crippen LogP contribution is -2.31. The summed E-state index contributed by atoms with van der Waals surface area (Å²) in [6.07, 6.45) is 12.4. The molecule has 0 aromatic heterocycles. The van der Waals surface area contributed by atoms with E-state index in [9.17, 15) is 9.90 Å². The van der Waals surface area contributed by atoms with E-state index in [1.165, 1.54) is 36.8 Å². The maximum Gasteiger partial charge on any atom is 0.344 e. The molecule has 1 saturated heterocycles. The molecular formula is C33H52O6. The number of benzene rings is 1. The normalized spacial score (nSPS) is 28.0. The molecular weight excluding hydrogens is 492 g/mol. The Labute approximate surface area is 236 Å². The van der Waals surface area contributed by atoms with E-state index in [2.05, 4.69) is 13.0 Å². The molecule has 7 atom stereocenters. The van der Waals surface area contributed by atoms with Crippen LogP contribution in [0.4, 0.5) is 0 Å². The van der Waals surface area contributed by atoms with Crippen molar-refractivity contribution in [3.05, 3.63) is 29.3 Å². The first-order chi connectivity index (χ1) is 18.9. The van der Waals surface area contributed by atoms with E-state index in [1.807, 2.05) is 32.9 Å². The number of hydrogen-bond acceptors (Lipinski definition) is 6. The molecule has 2 fully saturated rings. The average Bonchev–Trinajstić information content (AvgIpc) is 3.23. The summed E-state index contributed by atoms with van der Waals surface area (Å²) in [5.74, 6) is 1.95. The minimum Gasteiger partial charge on any atom is -0.482 e. The van der Waals surface area contributed by atoms with Gasteiger partial charge in [-0.15, -0.1) is 0 Å². The summed E-state index contributed by atoms with van der Waals surface area (Å²) in [6, 6.07) is 6.18. The quantitative estimate of drug-likeness (QED) is 0.209. The zero-order valence-corrected chi connectivity index (χ0v) is 24.7. The molecule has 1 heterocycles. The number of unbranched alkanes of at least 4 members (excludes halogenated alkanes) is 2. The molecule has 2 aliphatic carbocycles. The molecule has 0 radical (unpaired) electrons. The fourth-order valence-electron chi connectivity index (χ4n) is 6.77. The molecule has 0 bridgehead atoms. The lowest BCUT2D eigenvalue weighted by molar-refractivity contribution is -0.191. The van der Waals surface area contributed by atoms with Crippen LogP contribution < -0.4 is 4.74 Å². The van der Waals surface area contributed by atoms with Crippen LogP contribution in [-0.2, 0) is 31.8 Å². The van der Waals surface area contributed by atoms with Gasteiger partial charge in [0, 0.05) is 6.61 Å². The Morgan fingerprint density at radius 2 is 1.97 bits per heavy atom. The van der Waals surface area contributed by atoms with E-state index in [1.54, 1.807) is 0 Å². The van der Waals surface area contributed by atoms with Crippen LogP contribution in [0, 0.1) is 23.7 Å². The molecule has 1 aromatic carbocycles. The molecule has 220 valence electrons. The molecule has 3 aliphatic rings. The fraction of sp³-hybridized carbons (Fsp3) is 0.788. The smallest absolute Gasteiger partial charge is 0.344 e. The van der Waals surface area contributed by atoms with E-state index < -0.39 is 0 Å². The number of ether oxygens (including phenoxy) is 4. The minimum absolute atomic E-state index is 0.0579. The van der Waals surface area contributed by atoms with Gasteiger partial charge in [0.1, 0.15) is 11.9 Å². The molecule has 1 aliphatic heterocycles. The highest BCUT2D eigenvalue weighted by atomic mass is 16.7. The maximum atomic E-state index is 12.3. The highest BCUT2D eigenvalue weighted by molar-refractivity contribution is 5.71. The van der Waals surface area contributed by atoms with E-state index in [0.717, 1.165) is 63.7 Å². The molecule has 1 aromatic rings. The molecule has 1 saturated carbocycles. The van der Waals surface area contributed by atoms with Gasteiger partial charge >= 0.3 is 5.97 Å². The Morgan fingerprint density at radius 1 is 1.13 bits per heavy atom. The van der Waals surface area contributed by atoms with Crippen molar-refractivity contribution < 1.29 is 28.8 Å². The molecule has 6 nitrogen and oxygen atoms in total. The van der Waals surface area contributed by atoms with E-state index in [4.69, 9.17) is 18.9 Å². The minimum atomic E-state index is -0.326. The lowest BCUT2D eigenvalue weighted by Gasteiger charge is -2.33. The van der Waals surface area contributed by atoms with Gasteiger partial charge in [0.15, 0.2) is 12.9 Å². The summed E-state index contributed by atoms with van der Waals surface area (Å²) >= 11 is 0. The molecule has 0 amide bonds. The summed E-state index contributed by atoms with van der Waals surface area (Å²) < 4.78 is 23.8. The number of carbonyl (C=O) groups excluding carboxylic acids is 1. The van der Waals surface area contributed by atoms with Gasteiger partial charge < -0.3 is 24.1 Å². The van der Waals surface area contributed by atoms with Gasteiger partial charge in [-0.2, -0.15) is 0 Å². The first kappa shape index (κ1) is 30.3. The van der Waals surface area contributed by atoms with Crippen LogP contribution in [0.15, 0.2) is 18.2 Å². The molecule has 39 heavy (non-hydrogen) atoms. The van der Waals surface area contributed by atoms with Crippen molar-refractivity contribution in [3.63, 3.8) is 0 Å². The van der Waals surface area contributed by atoms with Crippen LogP contribution in [0.2, 0.25) is 0 Å². The predicted molar refractivity (Wildman–Crippen MR) is 153 cm³/mol. The van der Waals surface area contributed by atoms with Crippen molar-refractivity contribution in [1.29, 1.82) is 0 Å². The van der Waals surface area contributed by atoms with Gasteiger partial charge in [0.2, 0.25) is 0 Å². The Morgan fingerprint density at radius 3 is 2.72 bits per heavy atom. The summed E-state index contributed by atoms with van der Waals surface area (Å²) in [5.41, 5.74) is 2.50. The Kier molecular flexibility index (Phi) is 11.5. The number of rotatable bonds is 14. The second-order valence-corrected chi connectivity index (χ2v) is 12.5. The van der Waals surface area contributed by atoms with Gasteiger partial charge in [0.05, 0.1) is 12.2 Å². The molecule has 1 N–H and O–H groups in total. The van der Waals surface area contributed by atoms with Crippen molar-refractivity contribution in [3.8, 4) is 5.75 Å². The highest BCUT2D eigenvalue weighted by Crippen LogP contribution is 2.48. The largest absolute Gasteiger partial charge is 0.482 e. The number of aliphatic hydroxyl groups excluding tert-OH is 1. The lowest BCUT2D eigenvalue weighted by atomic mass is 9.73. The molecule has 4 rings (SSSR count). The number of fused-ring (bicyclic) bond motifs is 2. The van der Waals surface area contributed by atoms with Crippen LogP contribution >= 0.6 is 0 Å². The van der Waals surface area contributed by atoms with Gasteiger partial charge in [-0.1, -0.05) is 52.2 Å². The van der Waals surface area contributed by atoms with Crippen LogP contribution in [0.25, 0.3) is 0 Å². The van der Waals surface area contributed by atoms with Crippen LogP contribution in [0.1, 0.15) is 103 Å². The molecule has 6 heteroatoms. The van der Waals surface area contributed by atoms with E-state index >= 15 is 0 Å². The summed E-state index contributed by atoms with van der Waals surface area (Å²) in [5, 5.41) is 11.2. The third kappa shape index (κ3) is 8.43. The number of carbonyl (C=O) groups is 1. The monoisotopic (exact) mass is 544 g/mol. The van der Waals surface area contributed by atoms with Gasteiger partial charge in [-0.3, -0.25) is 0 Å². The third-order valence-corrected chi connectivity index (χ3v) is 9.38. The Balaban J connectivity index is 1.35. The van der Waals surface area contributed by atoms with Crippen molar-refractivity contribution in [1.82, 2.24) is 0 Å². The summed E-state index contributed by atoms with van der Waals surface area (Å²) in [4.78, 5) is 12.3. The molecule has 0 spiro atoms. The van der Waals surface area contributed by atoms with E-state index in [0.29, 0.717) is 17.8 Å². The zero-order chi connectivity index (χ0) is 27.8. The van der Waals surface area contributed by atoms with Crippen LogP contribution in [0.3, 0.4) is 0 Å². The standard InChI is InChI=1S/C33H52O6/c1-5-6-7-12-26(39-33-14-8-9-17-36-33)15-16-27-28-18-24-11-10-13-31(29(24)19-25(28)20-30(27)34)37-21-32(35)38-23(4)22(2)3/h10-11,13,22-23,25-28,30,33-34H,5-9,12,14-21H2,1-4H3/t23?,25-,26-,27+,28-,30+,33?/m0/s1. The van der Waals surface area contributed by atoms with Crippen molar-refractivity contribution in [2.24, 2.45) is 23.7 Å². The van der Waals surface area contributed by atoms with E-state index in [-0.39, 0.29) is 43.1 Å². The van der Waals surface area contributed by atoms with Crippen LogP contribution in [-0.4, -0.2) is 48.9 Å². The predicted octanol–water partition coefficient (Wildman–Crippen LogP) is 6.64. The Bertz CT molecular complexity index is 894.